The van der Waals surface area contributed by atoms with Gasteiger partial charge in [-0.3, -0.25) is 14.3 Å². The third-order valence-corrected chi connectivity index (χ3v) is 6.90. The Hall–Kier alpha value is -2.97. The second-order valence-corrected chi connectivity index (χ2v) is 8.82. The zero-order valence-corrected chi connectivity index (χ0v) is 20.2. The molecule has 1 N–H and O–H groups in total. The van der Waals surface area contributed by atoms with Gasteiger partial charge >= 0.3 is 5.69 Å². The Morgan fingerprint density at radius 1 is 1.03 bits per heavy atom. The molecule has 182 valence electrons. The topological polar surface area (TPSA) is 85.8 Å². The van der Waals surface area contributed by atoms with Crippen molar-refractivity contribution in [3.63, 3.8) is 0 Å². The van der Waals surface area contributed by atoms with Crippen LogP contribution in [0.1, 0.15) is 24.3 Å². The van der Waals surface area contributed by atoms with Gasteiger partial charge in [-0.05, 0) is 37.1 Å². The number of nitrogens with one attached hydrogen (secondary N) is 1. The summed E-state index contributed by atoms with van der Waals surface area (Å²) < 4.78 is 18.3. The molecule has 2 aromatic carbocycles. The predicted octanol–water partition coefficient (Wildman–Crippen LogP) is 3.02. The van der Waals surface area contributed by atoms with Crippen LogP contribution in [-0.4, -0.2) is 54.9 Å². The third kappa shape index (κ3) is 4.40. The molecule has 34 heavy (non-hydrogen) atoms. The van der Waals surface area contributed by atoms with E-state index in [0.717, 1.165) is 44.8 Å². The quantitative estimate of drug-likeness (QED) is 0.516. The van der Waals surface area contributed by atoms with E-state index < -0.39 is 11.2 Å². The lowest BCUT2D eigenvalue weighted by molar-refractivity contribution is 0.212. The highest BCUT2D eigenvalue weighted by atomic mass is 35.5. The normalized spacial score (nSPS) is 19.1. The summed E-state index contributed by atoms with van der Waals surface area (Å²) in [5.41, 5.74) is 1.06. The molecule has 0 amide bonds. The number of ether oxygens (including phenoxy) is 3. The first kappa shape index (κ1) is 24.2. The summed E-state index contributed by atoms with van der Waals surface area (Å²) in [7, 11) is 3.06. The Morgan fingerprint density at radius 2 is 1.76 bits per heavy atom. The Balaban J connectivity index is 0.00000274. The molecule has 1 fully saturated rings. The number of nitrogens with zero attached hydrogens (tertiary/aromatic N) is 2. The van der Waals surface area contributed by atoms with Crippen molar-refractivity contribution >= 4 is 23.3 Å². The highest BCUT2D eigenvalue weighted by Crippen LogP contribution is 2.41. The second-order valence-electron chi connectivity index (χ2n) is 8.82. The van der Waals surface area contributed by atoms with Gasteiger partial charge in [0.05, 0.1) is 31.7 Å². The molecule has 3 aromatic rings. The average Bonchev–Trinajstić information content (AvgIpc) is 3.26. The molecule has 0 radical (unpaired) electrons. The van der Waals surface area contributed by atoms with Gasteiger partial charge in [0.15, 0.2) is 11.5 Å². The minimum absolute atomic E-state index is 0. The van der Waals surface area contributed by atoms with Gasteiger partial charge in [0.1, 0.15) is 5.75 Å². The first-order valence-electron chi connectivity index (χ1n) is 11.4. The van der Waals surface area contributed by atoms with Gasteiger partial charge in [-0.1, -0.05) is 18.2 Å². The second kappa shape index (κ2) is 10.1. The summed E-state index contributed by atoms with van der Waals surface area (Å²) in [6.45, 7) is 4.36. The molecule has 0 aliphatic carbocycles. The van der Waals surface area contributed by atoms with Crippen LogP contribution in [0.25, 0.3) is 10.9 Å². The minimum Gasteiger partial charge on any atom is -0.493 e. The van der Waals surface area contributed by atoms with Gasteiger partial charge < -0.3 is 19.1 Å². The number of unbranched alkanes of at least 4 members (excludes halogenated alkanes) is 1. The molecule has 2 aliphatic rings. The lowest BCUT2D eigenvalue weighted by Crippen LogP contribution is -2.31. The van der Waals surface area contributed by atoms with E-state index in [-0.39, 0.29) is 12.4 Å². The van der Waals surface area contributed by atoms with E-state index in [9.17, 15) is 9.59 Å². The smallest absolute Gasteiger partial charge is 0.328 e. The van der Waals surface area contributed by atoms with Crippen molar-refractivity contribution in [2.45, 2.75) is 25.3 Å². The molecular formula is C25H30ClN3O5. The number of methoxy groups -OCH3 is 2. The number of fused-ring (bicyclic) bond motifs is 4. The number of halogens is 1. The summed E-state index contributed by atoms with van der Waals surface area (Å²) in [4.78, 5) is 29.8. The van der Waals surface area contributed by atoms with Gasteiger partial charge in [-0.15, -0.1) is 12.4 Å². The fraction of sp³-hybridized carbons (Fsp3) is 0.440. The zero-order valence-electron chi connectivity index (χ0n) is 19.4. The van der Waals surface area contributed by atoms with Crippen LogP contribution in [-0.2, 0) is 6.54 Å². The van der Waals surface area contributed by atoms with Crippen molar-refractivity contribution in [2.75, 3.05) is 40.5 Å². The van der Waals surface area contributed by atoms with Gasteiger partial charge in [0.2, 0.25) is 0 Å². The van der Waals surface area contributed by atoms with Gasteiger partial charge in [0.25, 0.3) is 5.56 Å². The summed E-state index contributed by atoms with van der Waals surface area (Å²) in [5.74, 6) is 3.04. The molecule has 5 rings (SSSR count). The van der Waals surface area contributed by atoms with Crippen LogP contribution >= 0.6 is 12.4 Å². The van der Waals surface area contributed by atoms with Crippen molar-refractivity contribution < 1.29 is 14.2 Å². The van der Waals surface area contributed by atoms with E-state index in [2.05, 4.69) is 28.1 Å². The van der Waals surface area contributed by atoms with E-state index in [4.69, 9.17) is 14.2 Å². The van der Waals surface area contributed by atoms with Crippen molar-refractivity contribution in [1.82, 2.24) is 14.5 Å². The molecule has 2 atom stereocenters. The van der Waals surface area contributed by atoms with Crippen molar-refractivity contribution in [3.8, 4) is 17.2 Å². The molecule has 0 saturated carbocycles. The monoisotopic (exact) mass is 487 g/mol. The first-order valence-corrected chi connectivity index (χ1v) is 11.4. The maximum Gasteiger partial charge on any atom is 0.328 e. The van der Waals surface area contributed by atoms with Crippen LogP contribution in [0.15, 0.2) is 46.0 Å². The highest BCUT2D eigenvalue weighted by Gasteiger charge is 2.38. The molecule has 8 nitrogen and oxygen atoms in total. The number of hydrogen-bond acceptors (Lipinski definition) is 6. The highest BCUT2D eigenvalue weighted by molar-refractivity contribution is 5.85. The summed E-state index contributed by atoms with van der Waals surface area (Å²) in [5, 5.41) is 0.412. The van der Waals surface area contributed by atoms with Gasteiger partial charge in [-0.25, -0.2) is 4.79 Å². The van der Waals surface area contributed by atoms with Gasteiger partial charge in [0, 0.05) is 37.5 Å². The molecule has 0 spiro atoms. The van der Waals surface area contributed by atoms with Crippen LogP contribution in [0.4, 0.5) is 0 Å². The van der Waals surface area contributed by atoms with Crippen LogP contribution in [0, 0.1) is 5.92 Å². The zero-order chi connectivity index (χ0) is 22.9. The lowest BCUT2D eigenvalue weighted by Gasteiger charge is -2.27. The maximum atomic E-state index is 12.6. The van der Waals surface area contributed by atoms with E-state index in [0.29, 0.717) is 40.8 Å². The number of aryl methyl sites for hydroxylation is 1. The molecule has 3 heterocycles. The van der Waals surface area contributed by atoms with Crippen LogP contribution in [0.3, 0.4) is 0 Å². The molecule has 2 aliphatic heterocycles. The van der Waals surface area contributed by atoms with Crippen LogP contribution in [0.5, 0.6) is 17.2 Å². The molecule has 1 saturated heterocycles. The molecule has 1 aromatic heterocycles. The van der Waals surface area contributed by atoms with Crippen LogP contribution < -0.4 is 25.5 Å². The largest absolute Gasteiger partial charge is 0.493 e. The van der Waals surface area contributed by atoms with Crippen LogP contribution in [0.2, 0.25) is 0 Å². The van der Waals surface area contributed by atoms with Crippen molar-refractivity contribution in [2.24, 2.45) is 5.92 Å². The molecular weight excluding hydrogens is 458 g/mol. The van der Waals surface area contributed by atoms with Crippen molar-refractivity contribution in [1.29, 1.82) is 0 Å². The minimum atomic E-state index is -0.422. The van der Waals surface area contributed by atoms with E-state index in [1.807, 2.05) is 6.07 Å². The number of aromatic nitrogens is 2. The Kier molecular flexibility index (Phi) is 7.19. The molecule has 9 heteroatoms. The number of para-hydroxylation sites is 1. The number of H-pyrrole nitrogens is 1. The Labute approximate surface area is 203 Å². The number of aromatic amines is 1. The Bertz CT molecular complexity index is 1290. The predicted molar refractivity (Wildman–Crippen MR) is 133 cm³/mol. The number of benzene rings is 2. The lowest BCUT2D eigenvalue weighted by atomic mass is 9.87. The van der Waals surface area contributed by atoms with E-state index >= 15 is 0 Å². The maximum absolute atomic E-state index is 12.6. The fourth-order valence-corrected chi connectivity index (χ4v) is 5.22. The number of rotatable bonds is 7. The fourth-order valence-electron chi connectivity index (χ4n) is 5.22. The third-order valence-electron chi connectivity index (χ3n) is 6.90. The molecule has 0 bridgehead atoms. The number of hydrogen-bond donors (Lipinski definition) is 1. The van der Waals surface area contributed by atoms with E-state index in [1.165, 1.54) is 19.8 Å². The van der Waals surface area contributed by atoms with Crippen molar-refractivity contribution in [3.05, 3.63) is 62.8 Å². The summed E-state index contributed by atoms with van der Waals surface area (Å²) in [6, 6.07) is 11.7. The van der Waals surface area contributed by atoms with Gasteiger partial charge in [-0.2, -0.15) is 0 Å². The summed E-state index contributed by atoms with van der Waals surface area (Å²) in [6.07, 6.45) is 1.79. The average molecular weight is 488 g/mol. The van der Waals surface area contributed by atoms with E-state index in [1.54, 1.807) is 16.7 Å². The Morgan fingerprint density at radius 3 is 2.56 bits per heavy atom. The number of likely N-dealkylation sites (tertiary alicyclic amines) is 1. The SMILES string of the molecule is COc1cc2c(=O)[nH]c(=O)n(CCCCN3C[C@@H]4COc5ccccc5[C@H]4C3)c2cc1OC.Cl. The first-order chi connectivity index (χ1) is 16.1. The molecule has 0 unspecified atom stereocenters. The standard InChI is InChI=1S/C25H29N3O5.ClH/c1-31-22-11-18-20(12-23(22)32-2)28(25(30)26-24(18)29)10-6-5-9-27-13-16-15-33-21-8-4-3-7-17(21)19(16)14-27;/h3-4,7-8,11-12,16,19H,5-6,9-10,13-15H2,1-2H3,(H,26,29,30);1H/t16-,19+;/m1./s1. The summed E-state index contributed by atoms with van der Waals surface area (Å²) >= 11 is 0.